The normalized spacial score (nSPS) is 10.8. The van der Waals surface area contributed by atoms with Crippen LogP contribution in [0.15, 0.2) is 18.2 Å². The van der Waals surface area contributed by atoms with Gasteiger partial charge in [-0.1, -0.05) is 26.0 Å². The van der Waals surface area contributed by atoms with Gasteiger partial charge in [0, 0.05) is 19.3 Å². The van der Waals surface area contributed by atoms with Crippen LogP contribution in [0.25, 0.3) is 0 Å². The molecule has 0 N–H and O–H groups in total. The van der Waals surface area contributed by atoms with Crippen molar-refractivity contribution in [1.82, 2.24) is 0 Å². The molecule has 0 bridgehead atoms. The Morgan fingerprint density at radius 1 is 1.20 bits per heavy atom. The molecule has 84 valence electrons. The summed E-state index contributed by atoms with van der Waals surface area (Å²) >= 11 is 0. The van der Waals surface area contributed by atoms with Crippen molar-refractivity contribution >= 4 is 5.69 Å². The van der Waals surface area contributed by atoms with Gasteiger partial charge in [0.25, 0.3) is 0 Å². The third-order valence-corrected chi connectivity index (χ3v) is 2.82. The van der Waals surface area contributed by atoms with Gasteiger partial charge in [0.1, 0.15) is 0 Å². The van der Waals surface area contributed by atoms with Crippen molar-refractivity contribution in [1.29, 1.82) is 0 Å². The molecule has 0 saturated heterocycles. The highest BCUT2D eigenvalue weighted by Gasteiger charge is 2.05. The average Bonchev–Trinajstić information content (AvgIpc) is 2.18. The maximum atomic E-state index is 2.36. The summed E-state index contributed by atoms with van der Waals surface area (Å²) in [5.74, 6) is 0.776. The van der Waals surface area contributed by atoms with E-state index in [0.717, 1.165) is 12.5 Å². The molecule has 0 unspecified atom stereocenters. The lowest BCUT2D eigenvalue weighted by atomic mass is 10.1. The highest BCUT2D eigenvalue weighted by atomic mass is 15.1. The summed E-state index contributed by atoms with van der Waals surface area (Å²) in [6, 6.07) is 6.65. The minimum Gasteiger partial charge on any atom is -0.374 e. The quantitative estimate of drug-likeness (QED) is 0.723. The van der Waals surface area contributed by atoms with Crippen LogP contribution in [0.1, 0.15) is 31.4 Å². The minimum atomic E-state index is 0.776. The molecular weight excluding hydrogens is 182 g/mol. The molecule has 0 aliphatic heterocycles. The van der Waals surface area contributed by atoms with E-state index in [4.69, 9.17) is 0 Å². The molecule has 1 aromatic carbocycles. The first-order valence-electron chi connectivity index (χ1n) is 5.79. The first kappa shape index (κ1) is 12.1. The van der Waals surface area contributed by atoms with Gasteiger partial charge in [-0.15, -0.1) is 0 Å². The zero-order valence-electron chi connectivity index (χ0n) is 10.7. The predicted octanol–water partition coefficient (Wildman–Crippen LogP) is 3.79. The maximum Gasteiger partial charge on any atom is 0.0395 e. The van der Waals surface area contributed by atoms with E-state index >= 15 is 0 Å². The second kappa shape index (κ2) is 5.20. The fraction of sp³-hybridized carbons (Fsp3) is 0.571. The van der Waals surface area contributed by atoms with Crippen LogP contribution in [0.4, 0.5) is 5.69 Å². The summed E-state index contributed by atoms with van der Waals surface area (Å²) in [5, 5.41) is 0. The molecule has 0 aliphatic rings. The largest absolute Gasteiger partial charge is 0.374 e. The summed E-state index contributed by atoms with van der Waals surface area (Å²) in [6.45, 7) is 10.0. The molecule has 0 heterocycles. The lowest BCUT2D eigenvalue weighted by Crippen LogP contribution is -2.20. The number of nitrogens with zero attached hydrogens (tertiary/aromatic N) is 1. The third-order valence-electron chi connectivity index (χ3n) is 2.82. The van der Waals surface area contributed by atoms with E-state index < -0.39 is 0 Å². The number of hydrogen-bond acceptors (Lipinski definition) is 1. The first-order valence-corrected chi connectivity index (χ1v) is 5.79. The molecule has 1 rings (SSSR count). The smallest absolute Gasteiger partial charge is 0.0395 e. The van der Waals surface area contributed by atoms with E-state index in [-0.39, 0.29) is 0 Å². The Morgan fingerprint density at radius 2 is 1.87 bits per heavy atom. The summed E-state index contributed by atoms with van der Waals surface area (Å²) in [4.78, 5) is 2.36. The fourth-order valence-electron chi connectivity index (χ4n) is 1.70. The standard InChI is InChI=1S/C14H23N/c1-11(2)8-9-15(5)14-10-12(3)6-7-13(14)4/h6-7,10-11H,8-9H2,1-5H3. The van der Waals surface area contributed by atoms with E-state index in [9.17, 15) is 0 Å². The lowest BCUT2D eigenvalue weighted by Gasteiger charge is -2.22. The fourth-order valence-corrected chi connectivity index (χ4v) is 1.70. The number of rotatable bonds is 4. The summed E-state index contributed by atoms with van der Waals surface area (Å²) in [5.41, 5.74) is 4.08. The van der Waals surface area contributed by atoms with Gasteiger partial charge in [-0.25, -0.2) is 0 Å². The molecule has 0 radical (unpaired) electrons. The third kappa shape index (κ3) is 3.58. The van der Waals surface area contributed by atoms with Crippen LogP contribution in [0.3, 0.4) is 0 Å². The van der Waals surface area contributed by atoms with Crippen molar-refractivity contribution < 1.29 is 0 Å². The van der Waals surface area contributed by atoms with Crippen molar-refractivity contribution in [3.63, 3.8) is 0 Å². The zero-order valence-corrected chi connectivity index (χ0v) is 10.7. The van der Waals surface area contributed by atoms with E-state index in [2.05, 4.69) is 57.8 Å². The van der Waals surface area contributed by atoms with E-state index in [1.54, 1.807) is 0 Å². The lowest BCUT2D eigenvalue weighted by molar-refractivity contribution is 0.585. The highest BCUT2D eigenvalue weighted by molar-refractivity contribution is 5.54. The number of anilines is 1. The van der Waals surface area contributed by atoms with Gasteiger partial charge in [-0.3, -0.25) is 0 Å². The maximum absolute atomic E-state index is 2.36. The summed E-state index contributed by atoms with van der Waals surface area (Å²) in [6.07, 6.45) is 1.25. The van der Waals surface area contributed by atoms with E-state index in [0.29, 0.717) is 0 Å². The molecule has 1 aromatic rings. The van der Waals surface area contributed by atoms with Gasteiger partial charge in [0.05, 0.1) is 0 Å². The Labute approximate surface area is 94.1 Å². The molecule has 0 spiro atoms. The monoisotopic (exact) mass is 205 g/mol. The van der Waals surface area contributed by atoms with Crippen molar-refractivity contribution in [2.75, 3.05) is 18.5 Å². The van der Waals surface area contributed by atoms with Crippen molar-refractivity contribution in [3.05, 3.63) is 29.3 Å². The van der Waals surface area contributed by atoms with Crippen molar-refractivity contribution in [3.8, 4) is 0 Å². The van der Waals surface area contributed by atoms with Crippen molar-refractivity contribution in [2.45, 2.75) is 34.1 Å². The second-order valence-corrected chi connectivity index (χ2v) is 4.89. The average molecular weight is 205 g/mol. The van der Waals surface area contributed by atoms with Gasteiger partial charge >= 0.3 is 0 Å². The van der Waals surface area contributed by atoms with Crippen molar-refractivity contribution in [2.24, 2.45) is 5.92 Å². The van der Waals surface area contributed by atoms with Gasteiger partial charge < -0.3 is 4.90 Å². The number of aryl methyl sites for hydroxylation is 2. The second-order valence-electron chi connectivity index (χ2n) is 4.89. The molecular formula is C14H23N. The molecule has 0 aromatic heterocycles. The van der Waals surface area contributed by atoms with Gasteiger partial charge in [0.15, 0.2) is 0 Å². The summed E-state index contributed by atoms with van der Waals surface area (Å²) in [7, 11) is 2.18. The van der Waals surface area contributed by atoms with E-state index in [1.165, 1.54) is 23.2 Å². The molecule has 0 amide bonds. The predicted molar refractivity (Wildman–Crippen MR) is 68.6 cm³/mol. The number of hydrogen-bond donors (Lipinski definition) is 0. The van der Waals surface area contributed by atoms with Crippen LogP contribution in [-0.4, -0.2) is 13.6 Å². The Hall–Kier alpha value is -0.980. The van der Waals surface area contributed by atoms with Crippen LogP contribution in [0.5, 0.6) is 0 Å². The zero-order chi connectivity index (χ0) is 11.4. The molecule has 15 heavy (non-hydrogen) atoms. The Balaban J connectivity index is 2.72. The van der Waals surface area contributed by atoms with Gasteiger partial charge in [-0.2, -0.15) is 0 Å². The molecule has 0 fully saturated rings. The number of benzene rings is 1. The van der Waals surface area contributed by atoms with Gasteiger partial charge in [-0.05, 0) is 43.4 Å². The SMILES string of the molecule is Cc1ccc(C)c(N(C)CCC(C)C)c1. The topological polar surface area (TPSA) is 3.24 Å². The van der Waals surface area contributed by atoms with E-state index in [1.807, 2.05) is 0 Å². The molecule has 0 saturated carbocycles. The highest BCUT2D eigenvalue weighted by Crippen LogP contribution is 2.20. The Kier molecular flexibility index (Phi) is 4.19. The van der Waals surface area contributed by atoms with Crippen LogP contribution in [0.2, 0.25) is 0 Å². The Bertz CT molecular complexity index is 315. The first-order chi connectivity index (χ1) is 7.00. The van der Waals surface area contributed by atoms with Gasteiger partial charge in [0.2, 0.25) is 0 Å². The molecule has 0 aliphatic carbocycles. The molecule has 1 heteroatoms. The Morgan fingerprint density at radius 3 is 2.47 bits per heavy atom. The van der Waals surface area contributed by atoms with Crippen LogP contribution >= 0.6 is 0 Å². The van der Waals surface area contributed by atoms with Crippen LogP contribution in [0, 0.1) is 19.8 Å². The van der Waals surface area contributed by atoms with Crippen LogP contribution < -0.4 is 4.90 Å². The molecule has 1 nitrogen and oxygen atoms in total. The molecule has 0 atom stereocenters. The van der Waals surface area contributed by atoms with Crippen LogP contribution in [-0.2, 0) is 0 Å². The minimum absolute atomic E-state index is 0.776. The summed E-state index contributed by atoms with van der Waals surface area (Å²) < 4.78 is 0.